The minimum Gasteiger partial charge on any atom is -0.477 e. The second-order valence-corrected chi connectivity index (χ2v) is 4.94. The quantitative estimate of drug-likeness (QED) is 0.768. The van der Waals surface area contributed by atoms with Gasteiger partial charge in [-0.3, -0.25) is 4.79 Å². The van der Waals surface area contributed by atoms with Gasteiger partial charge in [0.25, 0.3) is 0 Å². The maximum absolute atomic E-state index is 10.7. The van der Waals surface area contributed by atoms with Crippen molar-refractivity contribution < 1.29 is 14.7 Å². The number of rotatable bonds is 4. The summed E-state index contributed by atoms with van der Waals surface area (Å²) in [6, 6.07) is 1.54. The van der Waals surface area contributed by atoms with Crippen molar-refractivity contribution in [2.45, 2.75) is 17.1 Å². The van der Waals surface area contributed by atoms with Gasteiger partial charge in [-0.1, -0.05) is 0 Å². The van der Waals surface area contributed by atoms with Crippen molar-refractivity contribution in [3.63, 3.8) is 0 Å². The Labute approximate surface area is 89.1 Å². The molecule has 0 aromatic carbocycles. The Kier molecular flexibility index (Phi) is 3.54. The van der Waals surface area contributed by atoms with Gasteiger partial charge in [-0.2, -0.15) is 0 Å². The van der Waals surface area contributed by atoms with E-state index in [0.29, 0.717) is 0 Å². The molecule has 1 atom stereocenters. The minimum atomic E-state index is -0.950. The molecule has 4 nitrogen and oxygen atoms in total. The topological polar surface area (TPSA) is 80.4 Å². The third kappa shape index (κ3) is 2.74. The average Bonchev–Trinajstić information content (AvgIpc) is 2.52. The molecule has 0 radical (unpaired) electrons. The van der Waals surface area contributed by atoms with Crippen LogP contribution in [0.2, 0.25) is 0 Å². The monoisotopic (exact) mass is 231 g/mol. The Hall–Kier alpha value is -1.01. The Bertz CT molecular complexity index is 361. The summed E-state index contributed by atoms with van der Waals surface area (Å²) in [5.74, 6) is -1.35. The molecule has 0 aliphatic rings. The number of thioether (sulfide) groups is 1. The second-order valence-electron chi connectivity index (χ2n) is 2.61. The molecule has 0 spiro atoms. The van der Waals surface area contributed by atoms with Gasteiger partial charge in [0.15, 0.2) is 0 Å². The molecular weight excluding hydrogens is 222 g/mol. The van der Waals surface area contributed by atoms with Crippen LogP contribution in [0.15, 0.2) is 16.3 Å². The molecule has 1 aromatic rings. The zero-order chi connectivity index (χ0) is 10.7. The summed E-state index contributed by atoms with van der Waals surface area (Å²) in [4.78, 5) is 22.3. The smallest absolute Gasteiger partial charge is 0.345 e. The maximum atomic E-state index is 10.7. The van der Waals surface area contributed by atoms with Crippen LogP contribution in [0.3, 0.4) is 0 Å². The Morgan fingerprint density at radius 3 is 2.71 bits per heavy atom. The van der Waals surface area contributed by atoms with E-state index in [9.17, 15) is 9.59 Å². The summed E-state index contributed by atoms with van der Waals surface area (Å²) < 4.78 is 0. The largest absolute Gasteiger partial charge is 0.477 e. The summed E-state index contributed by atoms with van der Waals surface area (Å²) in [5, 5.41) is 10.0. The molecule has 1 unspecified atom stereocenters. The van der Waals surface area contributed by atoms with E-state index in [0.717, 1.165) is 16.2 Å². The predicted molar refractivity (Wildman–Crippen MR) is 55.8 cm³/mol. The van der Waals surface area contributed by atoms with Crippen LogP contribution in [0.1, 0.15) is 16.6 Å². The van der Waals surface area contributed by atoms with Gasteiger partial charge >= 0.3 is 5.97 Å². The molecule has 0 bridgehead atoms. The van der Waals surface area contributed by atoms with E-state index in [2.05, 4.69) is 0 Å². The Balaban J connectivity index is 2.69. The zero-order valence-electron chi connectivity index (χ0n) is 7.39. The van der Waals surface area contributed by atoms with Gasteiger partial charge in [0.1, 0.15) is 4.88 Å². The van der Waals surface area contributed by atoms with Crippen LogP contribution in [0, 0.1) is 0 Å². The lowest BCUT2D eigenvalue weighted by Crippen LogP contribution is -2.22. The van der Waals surface area contributed by atoms with Crippen LogP contribution < -0.4 is 5.73 Å². The first-order valence-corrected chi connectivity index (χ1v) is 5.54. The van der Waals surface area contributed by atoms with Gasteiger partial charge in [-0.25, -0.2) is 4.79 Å². The summed E-state index contributed by atoms with van der Waals surface area (Å²) in [6.07, 6.45) is 0. The normalized spacial score (nSPS) is 12.4. The standard InChI is InChI=1S/C8H9NO3S2/c1-4(7(9)10)14-5-2-6(8(11)12)13-3-5/h2-4H,1H3,(H2,9,10)(H,11,12). The van der Waals surface area contributed by atoms with E-state index in [1.54, 1.807) is 12.3 Å². The molecule has 1 rings (SSSR count). The van der Waals surface area contributed by atoms with Crippen molar-refractivity contribution in [3.05, 3.63) is 16.3 Å². The number of carboxylic acid groups (broad SMARTS) is 1. The van der Waals surface area contributed by atoms with Crippen molar-refractivity contribution in [2.24, 2.45) is 5.73 Å². The number of nitrogens with two attached hydrogens (primary N) is 1. The van der Waals surface area contributed by atoms with E-state index in [-0.39, 0.29) is 10.1 Å². The van der Waals surface area contributed by atoms with Crippen LogP contribution in [0.25, 0.3) is 0 Å². The summed E-state index contributed by atoms with van der Waals surface area (Å²) in [5.41, 5.74) is 5.08. The fourth-order valence-electron chi connectivity index (χ4n) is 0.755. The zero-order valence-corrected chi connectivity index (χ0v) is 9.02. The number of carbonyl (C=O) groups excluding carboxylic acids is 1. The highest BCUT2D eigenvalue weighted by molar-refractivity contribution is 8.00. The SMILES string of the molecule is CC(Sc1csc(C(=O)O)c1)C(N)=O. The van der Waals surface area contributed by atoms with Crippen molar-refractivity contribution in [3.8, 4) is 0 Å². The molecule has 1 heterocycles. The summed E-state index contributed by atoms with van der Waals surface area (Å²) in [7, 11) is 0. The molecule has 3 N–H and O–H groups in total. The van der Waals surface area contributed by atoms with Gasteiger partial charge in [-0.15, -0.1) is 23.1 Å². The summed E-state index contributed by atoms with van der Waals surface area (Å²) in [6.45, 7) is 1.69. The van der Waals surface area contributed by atoms with Crippen LogP contribution in [0.5, 0.6) is 0 Å². The fourth-order valence-corrected chi connectivity index (χ4v) is 2.51. The first kappa shape index (κ1) is 11.1. The molecule has 0 saturated carbocycles. The average molecular weight is 231 g/mol. The highest BCUT2D eigenvalue weighted by atomic mass is 32.2. The molecule has 76 valence electrons. The molecule has 0 aliphatic heterocycles. The van der Waals surface area contributed by atoms with Gasteiger partial charge in [0.05, 0.1) is 5.25 Å². The Morgan fingerprint density at radius 1 is 1.64 bits per heavy atom. The van der Waals surface area contributed by atoms with Crippen molar-refractivity contribution in [1.29, 1.82) is 0 Å². The molecule has 1 aromatic heterocycles. The highest BCUT2D eigenvalue weighted by Crippen LogP contribution is 2.27. The molecule has 14 heavy (non-hydrogen) atoms. The number of primary amides is 1. The highest BCUT2D eigenvalue weighted by Gasteiger charge is 2.13. The van der Waals surface area contributed by atoms with Gasteiger partial charge in [0, 0.05) is 10.3 Å². The van der Waals surface area contributed by atoms with Gasteiger partial charge < -0.3 is 10.8 Å². The van der Waals surface area contributed by atoms with Gasteiger partial charge in [0.2, 0.25) is 5.91 Å². The maximum Gasteiger partial charge on any atom is 0.345 e. The lowest BCUT2D eigenvalue weighted by Gasteiger charge is -2.03. The third-order valence-corrected chi connectivity index (χ3v) is 3.66. The van der Waals surface area contributed by atoms with E-state index in [1.165, 1.54) is 17.8 Å². The van der Waals surface area contributed by atoms with Gasteiger partial charge in [-0.05, 0) is 13.0 Å². The lowest BCUT2D eigenvalue weighted by atomic mass is 10.5. The predicted octanol–water partition coefficient (Wildman–Crippen LogP) is 1.41. The number of carbonyl (C=O) groups is 2. The fraction of sp³-hybridized carbons (Fsp3) is 0.250. The number of carboxylic acids is 1. The number of amides is 1. The second kappa shape index (κ2) is 4.47. The molecular formula is C8H9NO3S2. The lowest BCUT2D eigenvalue weighted by molar-refractivity contribution is -0.117. The first-order chi connectivity index (χ1) is 6.50. The molecule has 0 aliphatic carbocycles. The van der Waals surface area contributed by atoms with E-state index in [4.69, 9.17) is 10.8 Å². The number of aromatic carboxylic acids is 1. The third-order valence-electron chi connectivity index (χ3n) is 1.50. The molecule has 1 amide bonds. The minimum absolute atomic E-state index is 0.268. The number of hydrogen-bond donors (Lipinski definition) is 2. The van der Waals surface area contributed by atoms with E-state index < -0.39 is 11.9 Å². The van der Waals surface area contributed by atoms with Crippen LogP contribution in [0.4, 0.5) is 0 Å². The number of hydrogen-bond acceptors (Lipinski definition) is 4. The molecule has 6 heteroatoms. The van der Waals surface area contributed by atoms with Crippen LogP contribution in [-0.4, -0.2) is 22.2 Å². The van der Waals surface area contributed by atoms with Crippen LogP contribution >= 0.6 is 23.1 Å². The van der Waals surface area contributed by atoms with Crippen molar-refractivity contribution in [1.82, 2.24) is 0 Å². The van der Waals surface area contributed by atoms with E-state index >= 15 is 0 Å². The van der Waals surface area contributed by atoms with E-state index in [1.807, 2.05) is 0 Å². The molecule has 0 fully saturated rings. The van der Waals surface area contributed by atoms with Crippen LogP contribution in [-0.2, 0) is 4.79 Å². The first-order valence-electron chi connectivity index (χ1n) is 3.78. The molecule has 0 saturated heterocycles. The number of thiophene rings is 1. The van der Waals surface area contributed by atoms with Crippen molar-refractivity contribution >= 4 is 35.0 Å². The summed E-state index contributed by atoms with van der Waals surface area (Å²) >= 11 is 2.40. The van der Waals surface area contributed by atoms with Crippen molar-refractivity contribution in [2.75, 3.05) is 0 Å². The Morgan fingerprint density at radius 2 is 2.29 bits per heavy atom.